The minimum atomic E-state index is -3.61. The van der Waals surface area contributed by atoms with Crippen molar-refractivity contribution in [1.82, 2.24) is 9.71 Å². The maximum absolute atomic E-state index is 12.5. The molecule has 1 aromatic heterocycles. The van der Waals surface area contributed by atoms with Crippen LogP contribution in [0.15, 0.2) is 21.6 Å². The first-order chi connectivity index (χ1) is 9.94. The van der Waals surface area contributed by atoms with Crippen LogP contribution in [0.2, 0.25) is 0 Å². The Labute approximate surface area is 133 Å². The number of pyridine rings is 1. The second kappa shape index (κ2) is 7.04. The van der Waals surface area contributed by atoms with Crippen molar-refractivity contribution in [3.05, 3.63) is 16.7 Å². The van der Waals surface area contributed by atoms with Gasteiger partial charge in [-0.3, -0.25) is 0 Å². The van der Waals surface area contributed by atoms with Crippen molar-refractivity contribution in [3.63, 3.8) is 0 Å². The fourth-order valence-electron chi connectivity index (χ4n) is 2.26. The number of halogens is 1. The Kier molecular flexibility index (Phi) is 5.59. The Hall–Kier alpha value is -0.700. The lowest BCUT2D eigenvalue weighted by molar-refractivity contribution is 0.107. The molecule has 2 N–H and O–H groups in total. The van der Waals surface area contributed by atoms with Gasteiger partial charge in [-0.2, -0.15) is 0 Å². The molecule has 2 unspecified atom stereocenters. The van der Waals surface area contributed by atoms with Gasteiger partial charge in [-0.05, 0) is 42.3 Å². The van der Waals surface area contributed by atoms with Crippen LogP contribution in [-0.2, 0) is 14.8 Å². The third-order valence-corrected chi connectivity index (χ3v) is 5.39. The summed E-state index contributed by atoms with van der Waals surface area (Å²) in [6, 6.07) is 1.56. The first-order valence-electron chi connectivity index (χ1n) is 6.94. The molecule has 2 rings (SSSR count). The monoisotopic (exact) mass is 377 g/mol. The summed E-state index contributed by atoms with van der Waals surface area (Å²) in [4.78, 5) is 4.28. The highest BCUT2D eigenvalue weighted by atomic mass is 79.9. The summed E-state index contributed by atoms with van der Waals surface area (Å²) in [6.07, 6.45) is 2.53. The number of sulfonamides is 1. The summed E-state index contributed by atoms with van der Waals surface area (Å²) in [5, 5.41) is 2.97. The Morgan fingerprint density at radius 3 is 2.90 bits per heavy atom. The van der Waals surface area contributed by atoms with Crippen molar-refractivity contribution >= 4 is 31.8 Å². The molecule has 1 aromatic rings. The van der Waals surface area contributed by atoms with E-state index in [1.807, 2.05) is 13.8 Å². The molecule has 0 radical (unpaired) electrons. The van der Waals surface area contributed by atoms with Gasteiger partial charge in [0.2, 0.25) is 10.0 Å². The van der Waals surface area contributed by atoms with Crippen molar-refractivity contribution in [2.75, 3.05) is 25.0 Å². The lowest BCUT2D eigenvalue weighted by Gasteiger charge is -2.16. The number of rotatable bonds is 6. The average molecular weight is 378 g/mol. The van der Waals surface area contributed by atoms with Gasteiger partial charge in [0.05, 0.1) is 6.10 Å². The van der Waals surface area contributed by atoms with Crippen LogP contribution in [0.4, 0.5) is 5.82 Å². The summed E-state index contributed by atoms with van der Waals surface area (Å²) < 4.78 is 33.7. The first kappa shape index (κ1) is 16.7. The van der Waals surface area contributed by atoms with Gasteiger partial charge in [0.25, 0.3) is 0 Å². The molecule has 0 amide bonds. The predicted octanol–water partition coefficient (Wildman–Crippen LogP) is 1.98. The van der Waals surface area contributed by atoms with Gasteiger partial charge < -0.3 is 10.1 Å². The minimum absolute atomic E-state index is 0.0848. The molecular formula is C13H20BrN3O3S. The molecule has 0 saturated carbocycles. The van der Waals surface area contributed by atoms with E-state index in [1.165, 1.54) is 0 Å². The van der Waals surface area contributed by atoms with Crippen molar-refractivity contribution in [1.29, 1.82) is 0 Å². The van der Waals surface area contributed by atoms with E-state index in [4.69, 9.17) is 4.74 Å². The minimum Gasteiger partial charge on any atom is -0.378 e. The lowest BCUT2D eigenvalue weighted by Crippen LogP contribution is -2.32. The predicted molar refractivity (Wildman–Crippen MR) is 84.8 cm³/mol. The Balaban J connectivity index is 2.16. The topological polar surface area (TPSA) is 80.3 Å². The van der Waals surface area contributed by atoms with Crippen LogP contribution in [0.3, 0.4) is 0 Å². The van der Waals surface area contributed by atoms with E-state index >= 15 is 0 Å². The first-order valence-corrected chi connectivity index (χ1v) is 9.22. The fraction of sp³-hybridized carbons (Fsp3) is 0.615. The van der Waals surface area contributed by atoms with Crippen LogP contribution in [0.5, 0.6) is 0 Å². The standard InChI is InChI=1S/C13H20BrN3O3S/c1-3-15-13-12(6-11(14)8-16-13)21(18,19)17-7-10-4-5-20-9(10)2/h6,8-10,17H,3-5,7H2,1-2H3,(H,15,16). The smallest absolute Gasteiger partial charge is 0.244 e. The molecule has 1 aliphatic heterocycles. The third kappa shape index (κ3) is 4.15. The number of nitrogens with zero attached hydrogens (tertiary/aromatic N) is 1. The van der Waals surface area contributed by atoms with Gasteiger partial charge in [-0.1, -0.05) is 0 Å². The number of hydrogen-bond acceptors (Lipinski definition) is 5. The number of ether oxygens (including phenoxy) is 1. The normalized spacial score (nSPS) is 22.4. The third-order valence-electron chi connectivity index (χ3n) is 3.52. The van der Waals surface area contributed by atoms with Crippen LogP contribution in [0, 0.1) is 5.92 Å². The van der Waals surface area contributed by atoms with Crippen molar-refractivity contribution in [3.8, 4) is 0 Å². The van der Waals surface area contributed by atoms with E-state index < -0.39 is 10.0 Å². The molecule has 1 fully saturated rings. The molecule has 1 aliphatic rings. The van der Waals surface area contributed by atoms with E-state index in [-0.39, 0.29) is 16.9 Å². The summed E-state index contributed by atoms with van der Waals surface area (Å²) in [7, 11) is -3.61. The molecule has 2 atom stereocenters. The van der Waals surface area contributed by atoms with E-state index in [1.54, 1.807) is 12.3 Å². The zero-order valence-electron chi connectivity index (χ0n) is 12.1. The SMILES string of the molecule is CCNc1ncc(Br)cc1S(=O)(=O)NCC1CCOC1C. The van der Waals surface area contributed by atoms with Gasteiger partial charge in [-0.15, -0.1) is 0 Å². The van der Waals surface area contributed by atoms with Crippen LogP contribution in [0.1, 0.15) is 20.3 Å². The van der Waals surface area contributed by atoms with Gasteiger partial charge in [0.15, 0.2) is 0 Å². The van der Waals surface area contributed by atoms with Gasteiger partial charge >= 0.3 is 0 Å². The molecular weight excluding hydrogens is 358 g/mol. The van der Waals surface area contributed by atoms with Crippen LogP contribution in [0.25, 0.3) is 0 Å². The number of nitrogens with one attached hydrogen (secondary N) is 2. The molecule has 8 heteroatoms. The zero-order valence-corrected chi connectivity index (χ0v) is 14.5. The van der Waals surface area contributed by atoms with E-state index in [9.17, 15) is 8.42 Å². The number of aromatic nitrogens is 1. The lowest BCUT2D eigenvalue weighted by atomic mass is 10.0. The second-order valence-corrected chi connectivity index (χ2v) is 7.66. The number of anilines is 1. The van der Waals surface area contributed by atoms with E-state index in [2.05, 4.69) is 31.0 Å². The Morgan fingerprint density at radius 1 is 1.52 bits per heavy atom. The summed E-state index contributed by atoms with van der Waals surface area (Å²) in [5.41, 5.74) is 0. The van der Waals surface area contributed by atoms with Crippen LogP contribution in [-0.4, -0.2) is 39.2 Å². The average Bonchev–Trinajstić information content (AvgIpc) is 2.84. The maximum atomic E-state index is 12.5. The summed E-state index contributed by atoms with van der Waals surface area (Å²) in [5.74, 6) is 0.575. The van der Waals surface area contributed by atoms with Crippen LogP contribution < -0.4 is 10.0 Å². The second-order valence-electron chi connectivity index (χ2n) is 5.01. The zero-order chi connectivity index (χ0) is 15.5. The van der Waals surface area contributed by atoms with Gasteiger partial charge in [0, 0.05) is 36.3 Å². The van der Waals surface area contributed by atoms with Crippen molar-refractivity contribution < 1.29 is 13.2 Å². The molecule has 0 aliphatic carbocycles. The largest absolute Gasteiger partial charge is 0.378 e. The maximum Gasteiger partial charge on any atom is 0.244 e. The molecule has 118 valence electrons. The molecule has 0 spiro atoms. The summed E-state index contributed by atoms with van der Waals surface area (Å²) in [6.45, 7) is 5.53. The molecule has 0 bridgehead atoms. The molecule has 6 nitrogen and oxygen atoms in total. The molecule has 0 aromatic carbocycles. The highest BCUT2D eigenvalue weighted by Gasteiger charge is 2.27. The van der Waals surface area contributed by atoms with E-state index in [0.717, 1.165) is 6.42 Å². The van der Waals surface area contributed by atoms with Gasteiger partial charge in [0.1, 0.15) is 10.7 Å². The van der Waals surface area contributed by atoms with Crippen LogP contribution >= 0.6 is 15.9 Å². The van der Waals surface area contributed by atoms with E-state index in [0.29, 0.717) is 30.0 Å². The quantitative estimate of drug-likeness (QED) is 0.791. The van der Waals surface area contributed by atoms with Crippen molar-refractivity contribution in [2.24, 2.45) is 5.92 Å². The number of hydrogen-bond donors (Lipinski definition) is 2. The fourth-order valence-corrected chi connectivity index (χ4v) is 4.00. The van der Waals surface area contributed by atoms with Crippen molar-refractivity contribution in [2.45, 2.75) is 31.3 Å². The summed E-state index contributed by atoms with van der Waals surface area (Å²) >= 11 is 3.26. The highest BCUT2D eigenvalue weighted by molar-refractivity contribution is 9.10. The molecule has 1 saturated heterocycles. The Morgan fingerprint density at radius 2 is 2.29 bits per heavy atom. The van der Waals surface area contributed by atoms with Gasteiger partial charge in [-0.25, -0.2) is 18.1 Å². The Bertz CT molecular complexity index is 594. The highest BCUT2D eigenvalue weighted by Crippen LogP contribution is 2.24. The molecule has 2 heterocycles. The molecule has 21 heavy (non-hydrogen) atoms.